The summed E-state index contributed by atoms with van der Waals surface area (Å²) in [7, 11) is 0. The van der Waals surface area contributed by atoms with Crippen molar-refractivity contribution in [2.45, 2.75) is 88.4 Å². The summed E-state index contributed by atoms with van der Waals surface area (Å²) >= 11 is 0. The van der Waals surface area contributed by atoms with Gasteiger partial charge in [-0.15, -0.1) is 0 Å². The summed E-state index contributed by atoms with van der Waals surface area (Å²) in [6.07, 6.45) is 11.6. The molecular formula is C18H26N2O2. The molecule has 120 valence electrons. The van der Waals surface area contributed by atoms with Crippen LogP contribution in [-0.4, -0.2) is 45.8 Å². The Bertz CT molecular complexity index is 473. The average molecular weight is 302 g/mol. The molecule has 22 heavy (non-hydrogen) atoms. The zero-order valence-corrected chi connectivity index (χ0v) is 13.2. The molecule has 3 heterocycles. The van der Waals surface area contributed by atoms with Gasteiger partial charge in [0.25, 0.3) is 0 Å². The molecule has 0 aromatic heterocycles. The molecule has 5 rings (SSSR count). The second-order valence-electron chi connectivity index (χ2n) is 8.22. The van der Waals surface area contributed by atoms with Gasteiger partial charge in [-0.1, -0.05) is 25.7 Å². The van der Waals surface area contributed by atoms with E-state index in [1.807, 2.05) is 0 Å². The van der Waals surface area contributed by atoms with E-state index in [-0.39, 0.29) is 12.1 Å². The Morgan fingerprint density at radius 2 is 1.05 bits per heavy atom. The molecule has 0 spiro atoms. The molecule has 3 saturated heterocycles. The van der Waals surface area contributed by atoms with E-state index in [4.69, 9.17) is 0 Å². The third-order valence-corrected chi connectivity index (χ3v) is 7.26. The third kappa shape index (κ3) is 1.64. The summed E-state index contributed by atoms with van der Waals surface area (Å²) in [6.45, 7) is 0. The highest BCUT2D eigenvalue weighted by molar-refractivity contribution is 5.98. The largest absolute Gasteiger partial charge is 0.326 e. The van der Waals surface area contributed by atoms with Crippen molar-refractivity contribution >= 4 is 11.8 Å². The second kappa shape index (κ2) is 4.72. The number of piperazine rings is 1. The summed E-state index contributed by atoms with van der Waals surface area (Å²) in [5, 5.41) is 0. The van der Waals surface area contributed by atoms with Crippen molar-refractivity contribution in [1.29, 1.82) is 0 Å². The lowest BCUT2D eigenvalue weighted by molar-refractivity contribution is -0.161. The van der Waals surface area contributed by atoms with Crippen LogP contribution in [0.4, 0.5) is 0 Å². The van der Waals surface area contributed by atoms with Crippen LogP contribution in [0.3, 0.4) is 0 Å². The Morgan fingerprint density at radius 3 is 1.50 bits per heavy atom. The van der Waals surface area contributed by atoms with Crippen LogP contribution in [0.25, 0.3) is 0 Å². The molecule has 3 aliphatic heterocycles. The Balaban J connectivity index is 1.49. The molecule has 6 atom stereocenters. The first-order chi connectivity index (χ1) is 10.8. The van der Waals surface area contributed by atoms with Crippen molar-refractivity contribution in [1.82, 2.24) is 9.80 Å². The minimum Gasteiger partial charge on any atom is -0.326 e. The lowest BCUT2D eigenvalue weighted by atomic mass is 9.84. The van der Waals surface area contributed by atoms with Gasteiger partial charge in [-0.2, -0.15) is 0 Å². The van der Waals surface area contributed by atoms with E-state index in [9.17, 15) is 9.59 Å². The van der Waals surface area contributed by atoms with Crippen molar-refractivity contribution in [2.75, 3.05) is 0 Å². The van der Waals surface area contributed by atoms with Gasteiger partial charge in [0.1, 0.15) is 12.1 Å². The quantitative estimate of drug-likeness (QED) is 0.689. The van der Waals surface area contributed by atoms with Crippen LogP contribution >= 0.6 is 0 Å². The molecule has 0 aromatic rings. The molecule has 2 saturated carbocycles. The second-order valence-corrected chi connectivity index (χ2v) is 8.22. The van der Waals surface area contributed by atoms with Crippen LogP contribution in [0.1, 0.15) is 64.2 Å². The van der Waals surface area contributed by atoms with E-state index >= 15 is 0 Å². The van der Waals surface area contributed by atoms with Crippen LogP contribution in [-0.2, 0) is 9.59 Å². The highest BCUT2D eigenvalue weighted by Gasteiger charge is 2.59. The number of nitrogens with zero attached hydrogens (tertiary/aromatic N) is 2. The molecule has 5 aliphatic rings. The standard InChI is InChI=1S/C18H26N2O2/c21-17-15-9-11-5-1-3-7-13(11)19(15)18(22)16-10-12-6-2-4-8-14(12)20(16)17/h11-16H,1-10H2/t11-,12-,13-,14-,15+,16+/m1/s1. The Kier molecular flexibility index (Phi) is 2.87. The van der Waals surface area contributed by atoms with Crippen molar-refractivity contribution in [3.05, 3.63) is 0 Å². The molecule has 0 unspecified atom stereocenters. The molecule has 4 nitrogen and oxygen atoms in total. The monoisotopic (exact) mass is 302 g/mol. The van der Waals surface area contributed by atoms with E-state index in [1.165, 1.54) is 38.5 Å². The minimum absolute atomic E-state index is 0.113. The lowest BCUT2D eigenvalue weighted by Crippen LogP contribution is -2.64. The average Bonchev–Trinajstić information content (AvgIpc) is 3.12. The van der Waals surface area contributed by atoms with Crippen LogP contribution in [0.15, 0.2) is 0 Å². The highest BCUT2D eigenvalue weighted by Crippen LogP contribution is 2.48. The van der Waals surface area contributed by atoms with Crippen LogP contribution in [0.2, 0.25) is 0 Å². The van der Waals surface area contributed by atoms with Gasteiger partial charge < -0.3 is 9.80 Å². The Morgan fingerprint density at radius 1 is 0.636 bits per heavy atom. The van der Waals surface area contributed by atoms with Crippen LogP contribution < -0.4 is 0 Å². The van der Waals surface area contributed by atoms with Gasteiger partial charge in [-0.3, -0.25) is 9.59 Å². The molecule has 0 N–H and O–H groups in total. The van der Waals surface area contributed by atoms with Crippen molar-refractivity contribution in [2.24, 2.45) is 11.8 Å². The molecule has 4 heteroatoms. The molecule has 2 aliphatic carbocycles. The zero-order chi connectivity index (χ0) is 14.8. The van der Waals surface area contributed by atoms with E-state index in [0.717, 1.165) is 25.7 Å². The maximum Gasteiger partial charge on any atom is 0.246 e. The highest BCUT2D eigenvalue weighted by atomic mass is 16.2. The fraction of sp³-hybridized carbons (Fsp3) is 0.889. The maximum atomic E-state index is 13.2. The summed E-state index contributed by atoms with van der Waals surface area (Å²) in [5.74, 6) is 1.78. The van der Waals surface area contributed by atoms with E-state index in [0.29, 0.717) is 35.7 Å². The maximum absolute atomic E-state index is 13.2. The molecule has 0 bridgehead atoms. The predicted molar refractivity (Wildman–Crippen MR) is 82.0 cm³/mol. The molecular weight excluding hydrogens is 276 g/mol. The first-order valence-corrected chi connectivity index (χ1v) is 9.40. The number of amides is 2. The van der Waals surface area contributed by atoms with E-state index < -0.39 is 0 Å². The normalized spacial score (nSPS) is 47.1. The number of carbonyl (C=O) groups is 2. The summed E-state index contributed by atoms with van der Waals surface area (Å²) in [5.41, 5.74) is 0. The minimum atomic E-state index is -0.113. The van der Waals surface area contributed by atoms with Gasteiger partial charge in [-0.05, 0) is 50.4 Å². The predicted octanol–water partition coefficient (Wildman–Crippen LogP) is 2.32. The Hall–Kier alpha value is -1.06. The number of fused-ring (bicyclic) bond motifs is 6. The Labute approximate surface area is 132 Å². The van der Waals surface area contributed by atoms with Gasteiger partial charge in [-0.25, -0.2) is 0 Å². The van der Waals surface area contributed by atoms with Gasteiger partial charge in [0.05, 0.1) is 0 Å². The van der Waals surface area contributed by atoms with Gasteiger partial charge in [0.15, 0.2) is 0 Å². The number of hydrogen-bond acceptors (Lipinski definition) is 2. The molecule has 0 radical (unpaired) electrons. The molecule has 0 aromatic carbocycles. The number of hydrogen-bond donors (Lipinski definition) is 0. The first kappa shape index (κ1) is 13.4. The number of carbonyl (C=O) groups excluding carboxylic acids is 2. The van der Waals surface area contributed by atoms with Gasteiger partial charge >= 0.3 is 0 Å². The molecule has 2 amide bonds. The molecule has 5 fully saturated rings. The van der Waals surface area contributed by atoms with E-state index in [1.54, 1.807) is 0 Å². The van der Waals surface area contributed by atoms with Gasteiger partial charge in [0.2, 0.25) is 11.8 Å². The van der Waals surface area contributed by atoms with Crippen molar-refractivity contribution in [3.8, 4) is 0 Å². The fourth-order valence-corrected chi connectivity index (χ4v) is 6.34. The van der Waals surface area contributed by atoms with Crippen LogP contribution in [0, 0.1) is 11.8 Å². The smallest absolute Gasteiger partial charge is 0.246 e. The zero-order valence-electron chi connectivity index (χ0n) is 13.2. The van der Waals surface area contributed by atoms with Gasteiger partial charge in [0, 0.05) is 12.1 Å². The third-order valence-electron chi connectivity index (χ3n) is 7.26. The van der Waals surface area contributed by atoms with Crippen molar-refractivity contribution in [3.63, 3.8) is 0 Å². The summed E-state index contributed by atoms with van der Waals surface area (Å²) in [4.78, 5) is 30.4. The van der Waals surface area contributed by atoms with E-state index in [2.05, 4.69) is 9.80 Å². The van der Waals surface area contributed by atoms with Crippen LogP contribution in [0.5, 0.6) is 0 Å². The summed E-state index contributed by atoms with van der Waals surface area (Å²) < 4.78 is 0. The lowest BCUT2D eigenvalue weighted by Gasteiger charge is -2.44. The fourth-order valence-electron chi connectivity index (χ4n) is 6.34. The first-order valence-electron chi connectivity index (χ1n) is 9.40. The van der Waals surface area contributed by atoms with Crippen molar-refractivity contribution < 1.29 is 9.59 Å². The number of rotatable bonds is 0. The topological polar surface area (TPSA) is 40.6 Å². The summed E-state index contributed by atoms with van der Waals surface area (Å²) in [6, 6.07) is 0.523. The SMILES string of the molecule is O=C1[C@@H]2C[C@H]3CCCC[C@H]3N2C(=O)[C@@H]2C[C@H]3CCCC[C@H]3N12.